The van der Waals surface area contributed by atoms with Gasteiger partial charge in [0.2, 0.25) is 46.8 Å². The molecule has 2 saturated carbocycles. The molecule has 7 fully saturated rings. The van der Waals surface area contributed by atoms with Crippen LogP contribution in [-0.4, -0.2) is 217 Å². The van der Waals surface area contributed by atoms with Gasteiger partial charge in [0.05, 0.1) is 40.7 Å². The van der Waals surface area contributed by atoms with E-state index in [1.54, 1.807) is 0 Å². The number of carbonyl (C=O) groups is 6. The van der Waals surface area contributed by atoms with Crippen molar-refractivity contribution in [1.82, 2.24) is 0 Å². The fourth-order valence-electron chi connectivity index (χ4n) is 12.8. The molecule has 0 aromatic heterocycles. The van der Waals surface area contributed by atoms with Gasteiger partial charge < -0.3 is 140 Å². The second-order valence-corrected chi connectivity index (χ2v) is 19.8. The molecule has 2 aliphatic carbocycles. The largest absolute Gasteiger partial charge is 0.504 e. The maximum Gasteiger partial charge on any atom is 0.343 e. The van der Waals surface area contributed by atoms with Crippen molar-refractivity contribution < 1.29 is 168 Å². The van der Waals surface area contributed by atoms with E-state index in [0.717, 1.165) is 0 Å². The number of phenolic OH excluding ortho intramolecular Hbond substituents is 11. The molecule has 10 aliphatic rings. The predicted molar refractivity (Wildman–Crippen MR) is 235 cm³/mol. The van der Waals surface area contributed by atoms with E-state index in [9.17, 15) is 111 Å². The van der Waals surface area contributed by atoms with E-state index < -0.39 is 245 Å². The number of aliphatic hydroxyl groups excluding tert-OH is 2. The van der Waals surface area contributed by atoms with Crippen LogP contribution in [0.1, 0.15) is 52.9 Å². The van der Waals surface area contributed by atoms with E-state index in [1.807, 2.05) is 0 Å². The maximum atomic E-state index is 16.3. The second-order valence-electron chi connectivity index (χ2n) is 19.8. The van der Waals surface area contributed by atoms with Gasteiger partial charge in [0, 0.05) is 16.7 Å². The van der Waals surface area contributed by atoms with Crippen LogP contribution in [0.15, 0.2) is 30.3 Å². The molecule has 4 aromatic carbocycles. The van der Waals surface area contributed by atoms with Gasteiger partial charge >= 0.3 is 35.8 Å². The van der Waals surface area contributed by atoms with E-state index in [2.05, 4.69) is 0 Å². The summed E-state index contributed by atoms with van der Waals surface area (Å²) in [7, 11) is 0. The van der Waals surface area contributed by atoms with Crippen LogP contribution < -0.4 is 4.74 Å². The molecule has 0 amide bonds. The number of phenols is 11. The van der Waals surface area contributed by atoms with E-state index >= 15 is 14.4 Å². The van der Waals surface area contributed by atoms with Crippen molar-refractivity contribution in [1.29, 1.82) is 0 Å². The number of fused-ring (bicyclic) bond motifs is 3. The van der Waals surface area contributed by atoms with E-state index in [0.29, 0.717) is 18.2 Å². The molecular weight excluding hydrogens is 1110 g/mol. The number of aromatic hydroxyl groups is 11. The molecule has 34 nitrogen and oxygen atoms in total. The molecule has 4 aromatic rings. The van der Waals surface area contributed by atoms with Crippen LogP contribution >= 0.6 is 0 Å². The van der Waals surface area contributed by atoms with Crippen molar-refractivity contribution in [3.63, 3.8) is 0 Å². The summed E-state index contributed by atoms with van der Waals surface area (Å²) in [6, 6.07) is 1.81. The number of cyclic esters (lactones) is 1. The topological polar surface area (TPSA) is 570 Å². The van der Waals surface area contributed by atoms with E-state index in [1.165, 1.54) is 0 Å². The number of aliphatic carboxylic acids is 1. The van der Waals surface area contributed by atoms with Gasteiger partial charge in [-0.2, -0.15) is 0 Å². The normalized spacial score (nSPS) is 36.7. The Labute approximate surface area is 443 Å². The number of aliphatic hydroxyl groups is 7. The Morgan fingerprint density at radius 2 is 1.15 bits per heavy atom. The second kappa shape index (κ2) is 15.8. The third kappa shape index (κ3) is 5.66. The minimum atomic E-state index is -4.45. The molecule has 0 radical (unpaired) electrons. The Balaban J connectivity index is 1.16. The molecule has 34 heteroatoms. The minimum absolute atomic E-state index is 0.241. The molecule has 8 aliphatic heterocycles. The quantitative estimate of drug-likeness (QED) is 0.0508. The lowest BCUT2D eigenvalue weighted by Crippen LogP contribution is -2.96. The van der Waals surface area contributed by atoms with Gasteiger partial charge in [-0.3, -0.25) is 4.79 Å². The van der Waals surface area contributed by atoms with Crippen LogP contribution in [0.5, 0.6) is 69.0 Å². The van der Waals surface area contributed by atoms with Crippen molar-refractivity contribution in [2.75, 3.05) is 13.2 Å². The molecule has 0 unspecified atom stereocenters. The Morgan fingerprint density at radius 3 is 1.73 bits per heavy atom. The van der Waals surface area contributed by atoms with Crippen molar-refractivity contribution in [2.24, 2.45) is 11.3 Å². The van der Waals surface area contributed by atoms with Gasteiger partial charge in [-0.25, -0.2) is 24.0 Å². The van der Waals surface area contributed by atoms with Crippen LogP contribution in [0.3, 0.4) is 0 Å². The van der Waals surface area contributed by atoms with E-state index in [4.69, 9.17) is 42.6 Å². The number of hydrogen-bond acceptors (Lipinski definition) is 33. The number of ether oxygens (including phenoxy) is 9. The average Bonchev–Trinajstić information content (AvgIpc) is 1.44. The molecule has 5 saturated heterocycles. The summed E-state index contributed by atoms with van der Waals surface area (Å²) in [6.45, 7) is -3.36. The smallest absolute Gasteiger partial charge is 0.343 e. The standard InChI is InChI=1S/C47H36O34/c48-6-18(54)42(68)38-41-32-21-11(5-16(53)25(58)29(21)79-44(32,69)47(72)45(38,70)81-46(42,71)43(41,80-47)39(65)66)36(64)76-31-30-28(77-40(41)67)17(74-37(31)78-33(61)8-1-12(49)22(55)13(50)2-8)7-73-34(62)9-3-14(51)23(56)26(59)19(9)20-10(35(63)75-30)4-15(52)24(57)27(20)60/h1-5,17-18,28,30-32,37-38,48-60,68-72H,6-7H2,(H,65,66)/t17-,18+,28-,30+,31-,32-,37+,38-,41+,42-,43+,44-,45+,46-,47-/m1/s1. The van der Waals surface area contributed by atoms with Gasteiger partial charge in [-0.1, -0.05) is 0 Å². The zero-order chi connectivity index (χ0) is 58.9. The number of carboxylic acid groups (broad SMARTS) is 1. The van der Waals surface area contributed by atoms with Crippen molar-refractivity contribution in [3.8, 4) is 80.1 Å². The lowest BCUT2D eigenvalue weighted by atomic mass is 9.45. The fraction of sp³-hybridized carbons (Fsp3) is 0.362. The van der Waals surface area contributed by atoms with Gasteiger partial charge in [0.1, 0.15) is 24.2 Å². The first-order valence-electron chi connectivity index (χ1n) is 23.1. The predicted octanol–water partition coefficient (Wildman–Crippen LogP) is -4.63. The molecule has 15 atom stereocenters. The van der Waals surface area contributed by atoms with Crippen LogP contribution in [0.2, 0.25) is 0 Å². The Bertz CT molecular complexity index is 3610. The van der Waals surface area contributed by atoms with Crippen molar-refractivity contribution >= 4 is 35.8 Å². The molecule has 1 spiro atoms. The number of rotatable bonds is 5. The van der Waals surface area contributed by atoms with Crippen LogP contribution in [-0.2, 0) is 47.5 Å². The third-order valence-corrected chi connectivity index (χ3v) is 16.1. The zero-order valence-corrected chi connectivity index (χ0v) is 39.5. The van der Waals surface area contributed by atoms with Crippen molar-refractivity contribution in [2.45, 2.75) is 77.1 Å². The SMILES string of the molecule is O=C(O[C@@H]1O[C@@H]2COC(=O)c3cc(O)c(O)c(O)c3-c3c(cc(O)c(O)c3O)C(=O)O[C@@H]3[C@H]1OC(=O)c1cc(O)c(O)c4c1[C@@H]1[C@@]5(C(=O)O[C@@H]32)[C@@H]2[C@](O)([C@@H](O)CO)[C@@]3(O)O[C@]2(O)[C@](O)(O[C@@]53C(=O)O)[C@]1(O)O4)c1cc(O)c(O)c(O)c1. The summed E-state index contributed by atoms with van der Waals surface area (Å²) in [6.07, 6.45) is -17.1. The fourth-order valence-corrected chi connectivity index (χ4v) is 12.8. The summed E-state index contributed by atoms with van der Waals surface area (Å²) < 4.78 is 50.9. The average molecular weight is 1140 g/mol. The monoisotopic (exact) mass is 1140 g/mol. The molecule has 81 heavy (non-hydrogen) atoms. The summed E-state index contributed by atoms with van der Waals surface area (Å²) in [5.41, 5.74) is -21.3. The first-order valence-corrected chi connectivity index (χ1v) is 23.1. The number of carboxylic acids is 1. The summed E-state index contributed by atoms with van der Waals surface area (Å²) in [5, 5.41) is 215. The van der Waals surface area contributed by atoms with Gasteiger partial charge in [0.15, 0.2) is 69.6 Å². The molecule has 8 heterocycles. The number of esters is 5. The van der Waals surface area contributed by atoms with Gasteiger partial charge in [-0.05, 0) is 30.3 Å². The number of benzene rings is 4. The molecule has 428 valence electrons. The van der Waals surface area contributed by atoms with Crippen LogP contribution in [0, 0.1) is 11.3 Å². The lowest BCUT2D eigenvalue weighted by molar-refractivity contribution is -0.606. The molecular formula is C47H36O34. The Hall–Kier alpha value is -9.10. The summed E-state index contributed by atoms with van der Waals surface area (Å²) >= 11 is 0. The van der Waals surface area contributed by atoms with Gasteiger partial charge in [0.25, 0.3) is 11.6 Å². The van der Waals surface area contributed by atoms with Crippen molar-refractivity contribution in [3.05, 3.63) is 58.1 Å². The lowest BCUT2D eigenvalue weighted by Gasteiger charge is -2.72. The third-order valence-electron chi connectivity index (χ3n) is 16.1. The Kier molecular flexibility index (Phi) is 10.3. The number of hydrogen-bond donors (Lipinski definition) is 19. The number of carbonyl (C=O) groups excluding carboxylic acids is 5. The van der Waals surface area contributed by atoms with Gasteiger partial charge in [-0.15, -0.1) is 0 Å². The first kappa shape index (κ1) is 52.6. The highest BCUT2D eigenvalue weighted by Gasteiger charge is 3.12. The highest BCUT2D eigenvalue weighted by molar-refractivity contribution is 6.08. The summed E-state index contributed by atoms with van der Waals surface area (Å²) in [4.78, 5) is 89.3. The highest BCUT2D eigenvalue weighted by atomic mass is 16.9. The summed E-state index contributed by atoms with van der Waals surface area (Å²) in [5.74, 6) is -53.7. The van der Waals surface area contributed by atoms with Crippen LogP contribution in [0.25, 0.3) is 11.1 Å². The Morgan fingerprint density at radius 1 is 0.617 bits per heavy atom. The van der Waals surface area contributed by atoms with E-state index in [-0.39, 0.29) is 12.1 Å². The molecule has 14 rings (SSSR count). The zero-order valence-electron chi connectivity index (χ0n) is 39.5. The van der Waals surface area contributed by atoms with Crippen LogP contribution in [0.4, 0.5) is 0 Å². The maximum absolute atomic E-state index is 16.3. The molecule has 19 N–H and O–H groups in total. The first-order chi connectivity index (χ1) is 37.8. The molecule has 10 bridgehead atoms. The minimum Gasteiger partial charge on any atom is -0.504 e. The highest BCUT2D eigenvalue weighted by Crippen LogP contribution is 2.88.